The van der Waals surface area contributed by atoms with Crippen LogP contribution in [0.5, 0.6) is 0 Å². The van der Waals surface area contributed by atoms with E-state index < -0.39 is 0 Å². The number of carbonyl (C=O) groups is 1. The zero-order chi connectivity index (χ0) is 9.42. The van der Waals surface area contributed by atoms with E-state index in [-0.39, 0.29) is 11.2 Å². The molecule has 0 amide bonds. The fourth-order valence-corrected chi connectivity index (χ4v) is 2.66. The second-order valence-electron chi connectivity index (χ2n) is 2.78. The lowest BCUT2D eigenvalue weighted by atomic mass is 10.3. The molecule has 0 radical (unpaired) electrons. The van der Waals surface area contributed by atoms with Crippen LogP contribution in [0.4, 0.5) is 0 Å². The summed E-state index contributed by atoms with van der Waals surface area (Å²) in [6, 6.07) is 0. The Kier molecular flexibility index (Phi) is 2.29. The van der Waals surface area contributed by atoms with Crippen molar-refractivity contribution >= 4 is 29.3 Å². The van der Waals surface area contributed by atoms with Crippen LogP contribution in [0.3, 0.4) is 0 Å². The number of rotatable bonds is 2. The second-order valence-corrected chi connectivity index (χ2v) is 4.32. The van der Waals surface area contributed by atoms with Gasteiger partial charge in [-0.25, -0.2) is 4.98 Å². The van der Waals surface area contributed by atoms with Crippen LogP contribution in [-0.4, -0.2) is 31.8 Å². The highest BCUT2D eigenvalue weighted by Crippen LogP contribution is 2.31. The molecule has 0 N–H and O–H groups in total. The number of thioether (sulfide) groups is 1. The monoisotopic (exact) mass is 217 g/mol. The molecule has 4 nitrogen and oxygen atoms in total. The molecule has 13 heavy (non-hydrogen) atoms. The number of alkyl halides is 1. The molecule has 0 aromatic carbocycles. The van der Waals surface area contributed by atoms with Gasteiger partial charge in [0.2, 0.25) is 0 Å². The van der Waals surface area contributed by atoms with Crippen molar-refractivity contribution < 1.29 is 4.79 Å². The van der Waals surface area contributed by atoms with Gasteiger partial charge in [-0.2, -0.15) is 4.68 Å². The third-order valence-corrected chi connectivity index (χ3v) is 3.20. The van der Waals surface area contributed by atoms with Crippen LogP contribution >= 0.6 is 23.4 Å². The van der Waals surface area contributed by atoms with E-state index in [9.17, 15) is 4.79 Å². The zero-order valence-electron chi connectivity index (χ0n) is 7.03. The number of nitrogens with zero attached hydrogens (tertiary/aromatic N) is 3. The number of hydrogen-bond donors (Lipinski definition) is 0. The van der Waals surface area contributed by atoms with E-state index in [0.717, 1.165) is 0 Å². The Hall–Kier alpha value is -0.550. The van der Waals surface area contributed by atoms with E-state index in [1.54, 1.807) is 6.92 Å². The summed E-state index contributed by atoms with van der Waals surface area (Å²) in [6.07, 6.45) is 0.676. The van der Waals surface area contributed by atoms with Crippen molar-refractivity contribution in [2.45, 2.75) is 23.8 Å². The van der Waals surface area contributed by atoms with Gasteiger partial charge in [0.15, 0.2) is 5.16 Å². The molecule has 1 atom stereocenters. The van der Waals surface area contributed by atoms with Crippen LogP contribution in [0, 0.1) is 6.92 Å². The van der Waals surface area contributed by atoms with Crippen molar-refractivity contribution in [3.63, 3.8) is 0 Å². The maximum Gasteiger partial charge on any atom is 0.262 e. The first-order valence-corrected chi connectivity index (χ1v) is 5.34. The number of carbonyl (C=O) groups excluding carboxylic acids is 1. The second kappa shape index (κ2) is 3.31. The van der Waals surface area contributed by atoms with E-state index in [4.69, 9.17) is 11.6 Å². The van der Waals surface area contributed by atoms with Crippen LogP contribution in [0.2, 0.25) is 0 Å². The van der Waals surface area contributed by atoms with Gasteiger partial charge in [-0.05, 0) is 13.3 Å². The zero-order valence-corrected chi connectivity index (χ0v) is 8.60. The van der Waals surface area contributed by atoms with E-state index >= 15 is 0 Å². The molecule has 1 aromatic rings. The average Bonchev–Trinajstić information content (AvgIpc) is 2.54. The van der Waals surface area contributed by atoms with Gasteiger partial charge in [-0.1, -0.05) is 11.8 Å². The summed E-state index contributed by atoms with van der Waals surface area (Å²) < 4.78 is 1.37. The normalized spacial score (nSPS) is 20.8. The molecule has 0 fully saturated rings. The lowest BCUT2D eigenvalue weighted by Gasteiger charge is -2.01. The Labute approximate surface area is 84.7 Å². The lowest BCUT2D eigenvalue weighted by Crippen LogP contribution is -2.19. The molecule has 0 spiro atoms. The van der Waals surface area contributed by atoms with Crippen molar-refractivity contribution in [3.05, 3.63) is 5.82 Å². The molecule has 1 aliphatic heterocycles. The molecule has 0 saturated carbocycles. The Balaban J connectivity index is 2.25. The van der Waals surface area contributed by atoms with Gasteiger partial charge in [0.1, 0.15) is 5.82 Å². The number of halogens is 1. The molecule has 0 saturated heterocycles. The minimum atomic E-state index is -0.0897. The van der Waals surface area contributed by atoms with Gasteiger partial charge >= 0.3 is 0 Å². The molecule has 1 unspecified atom stereocenters. The summed E-state index contributed by atoms with van der Waals surface area (Å²) in [5.74, 6) is 1.13. The standard InChI is InChI=1S/C7H8ClN3OS/c1-4-9-7-11(10-4)6(12)5(13-7)2-3-8/h5H,2-3H2,1H3. The van der Waals surface area contributed by atoms with Crippen molar-refractivity contribution in [3.8, 4) is 0 Å². The average molecular weight is 218 g/mol. The Bertz CT molecular complexity index is 352. The van der Waals surface area contributed by atoms with Crippen molar-refractivity contribution in [2.75, 3.05) is 5.88 Å². The Morgan fingerprint density at radius 1 is 1.69 bits per heavy atom. The topological polar surface area (TPSA) is 47.8 Å². The summed E-state index contributed by atoms with van der Waals surface area (Å²) in [5, 5.41) is 4.60. The SMILES string of the molecule is Cc1nc2n(n1)C(=O)C(CCCl)S2. The van der Waals surface area contributed by atoms with Gasteiger partial charge in [0, 0.05) is 5.88 Å². The van der Waals surface area contributed by atoms with Crippen LogP contribution in [0.1, 0.15) is 17.0 Å². The summed E-state index contributed by atoms with van der Waals surface area (Å²) in [4.78, 5) is 15.7. The van der Waals surface area contributed by atoms with Crippen molar-refractivity contribution in [1.82, 2.24) is 14.8 Å². The van der Waals surface area contributed by atoms with Gasteiger partial charge in [-0.15, -0.1) is 16.7 Å². The maximum atomic E-state index is 11.6. The first-order chi connectivity index (χ1) is 6.22. The molecule has 70 valence electrons. The van der Waals surface area contributed by atoms with Crippen LogP contribution in [0.25, 0.3) is 0 Å². The summed E-state index contributed by atoms with van der Waals surface area (Å²) in [7, 11) is 0. The Morgan fingerprint density at radius 2 is 2.46 bits per heavy atom. The van der Waals surface area contributed by atoms with Crippen LogP contribution in [0.15, 0.2) is 5.16 Å². The first kappa shape index (κ1) is 9.02. The van der Waals surface area contributed by atoms with Gasteiger partial charge in [0.25, 0.3) is 5.91 Å². The number of fused-ring (bicyclic) bond motifs is 1. The predicted octanol–water partition coefficient (Wildman–Crippen LogP) is 1.33. The lowest BCUT2D eigenvalue weighted by molar-refractivity contribution is 0.0891. The molecule has 0 aliphatic carbocycles. The van der Waals surface area contributed by atoms with E-state index in [1.807, 2.05) is 0 Å². The molecule has 2 heterocycles. The summed E-state index contributed by atoms with van der Waals surface area (Å²) in [6.45, 7) is 1.77. The van der Waals surface area contributed by atoms with Gasteiger partial charge in [0.05, 0.1) is 5.25 Å². The molecular weight excluding hydrogens is 210 g/mol. The molecule has 1 aromatic heterocycles. The van der Waals surface area contributed by atoms with Crippen LogP contribution in [-0.2, 0) is 0 Å². The van der Waals surface area contributed by atoms with Crippen LogP contribution < -0.4 is 0 Å². The highest BCUT2D eigenvalue weighted by atomic mass is 35.5. The quantitative estimate of drug-likeness (QED) is 0.702. The highest BCUT2D eigenvalue weighted by molar-refractivity contribution is 8.00. The van der Waals surface area contributed by atoms with E-state index in [0.29, 0.717) is 23.3 Å². The molecule has 6 heteroatoms. The predicted molar refractivity (Wildman–Crippen MR) is 50.4 cm³/mol. The highest BCUT2D eigenvalue weighted by Gasteiger charge is 2.33. The molecule has 0 bridgehead atoms. The minimum Gasteiger partial charge on any atom is -0.271 e. The fourth-order valence-electron chi connectivity index (χ4n) is 1.21. The third kappa shape index (κ3) is 1.46. The van der Waals surface area contributed by atoms with E-state index in [2.05, 4.69) is 10.1 Å². The Morgan fingerprint density at radius 3 is 3.08 bits per heavy atom. The molecule has 2 rings (SSSR count). The molecule has 1 aliphatic rings. The fraction of sp³-hybridized carbons (Fsp3) is 0.571. The van der Waals surface area contributed by atoms with Crippen molar-refractivity contribution in [2.24, 2.45) is 0 Å². The maximum absolute atomic E-state index is 11.6. The summed E-state index contributed by atoms with van der Waals surface area (Å²) >= 11 is 7.02. The smallest absolute Gasteiger partial charge is 0.262 e. The largest absolute Gasteiger partial charge is 0.271 e. The minimum absolute atomic E-state index is 0.00116. The number of hydrogen-bond acceptors (Lipinski definition) is 4. The number of aryl methyl sites for hydroxylation is 1. The summed E-state index contributed by atoms with van der Waals surface area (Å²) in [5.41, 5.74) is 0. The number of aromatic nitrogens is 3. The van der Waals surface area contributed by atoms with Crippen molar-refractivity contribution in [1.29, 1.82) is 0 Å². The van der Waals surface area contributed by atoms with E-state index in [1.165, 1.54) is 16.4 Å². The third-order valence-electron chi connectivity index (χ3n) is 1.79. The van der Waals surface area contributed by atoms with Gasteiger partial charge < -0.3 is 0 Å². The molecular formula is C7H8ClN3OS. The van der Waals surface area contributed by atoms with Gasteiger partial charge in [-0.3, -0.25) is 4.79 Å². The first-order valence-electron chi connectivity index (χ1n) is 3.93.